The van der Waals surface area contributed by atoms with Gasteiger partial charge in [-0.2, -0.15) is 5.10 Å². The Hall–Kier alpha value is -0.870. The Balaban J connectivity index is 2.37. The normalized spacial score (nSPS) is 10.9. The highest BCUT2D eigenvalue weighted by molar-refractivity contribution is 4.96. The number of nitrogens with one attached hydrogen (secondary N) is 1. The van der Waals surface area contributed by atoms with Crippen LogP contribution in [0.15, 0.2) is 12.3 Å². The minimum absolute atomic E-state index is 0.210. The summed E-state index contributed by atoms with van der Waals surface area (Å²) in [5.74, 6) is 0. The molecule has 0 saturated heterocycles. The first-order valence-corrected chi connectivity index (χ1v) is 4.18. The Bertz CT molecular complexity index is 198. The van der Waals surface area contributed by atoms with Crippen molar-refractivity contribution >= 4 is 0 Å². The number of aromatic amines is 1. The summed E-state index contributed by atoms with van der Waals surface area (Å²) in [5.41, 5.74) is 1.09. The summed E-state index contributed by atoms with van der Waals surface area (Å²) in [5, 5.41) is 15.5. The summed E-state index contributed by atoms with van der Waals surface area (Å²) in [4.78, 5) is 2.15. The first-order chi connectivity index (χ1) is 5.86. The van der Waals surface area contributed by atoms with Gasteiger partial charge in [-0.05, 0) is 12.6 Å². The lowest BCUT2D eigenvalue weighted by Crippen LogP contribution is -2.26. The van der Waals surface area contributed by atoms with Crippen molar-refractivity contribution in [3.63, 3.8) is 0 Å². The van der Waals surface area contributed by atoms with Crippen molar-refractivity contribution in [1.29, 1.82) is 0 Å². The Morgan fingerprint density at radius 3 is 3.00 bits per heavy atom. The maximum Gasteiger partial charge on any atom is 0.0558 e. The second-order valence-corrected chi connectivity index (χ2v) is 2.67. The molecule has 12 heavy (non-hydrogen) atoms. The zero-order valence-electron chi connectivity index (χ0n) is 7.32. The maximum absolute atomic E-state index is 8.73. The molecule has 0 fully saturated rings. The van der Waals surface area contributed by atoms with Crippen LogP contribution in [-0.2, 0) is 6.54 Å². The van der Waals surface area contributed by atoms with Crippen molar-refractivity contribution in [3.05, 3.63) is 18.0 Å². The van der Waals surface area contributed by atoms with Crippen LogP contribution < -0.4 is 0 Å². The molecule has 0 atom stereocenters. The monoisotopic (exact) mass is 169 g/mol. The molecule has 0 aliphatic carbocycles. The predicted molar refractivity (Wildman–Crippen MR) is 46.6 cm³/mol. The summed E-state index contributed by atoms with van der Waals surface area (Å²) in [6.07, 6.45) is 1.74. The second-order valence-electron chi connectivity index (χ2n) is 2.67. The SMILES string of the molecule is CCN(CCO)Cc1ccn[nH]1. The molecule has 0 aliphatic rings. The van der Waals surface area contributed by atoms with Crippen LogP contribution >= 0.6 is 0 Å². The predicted octanol–water partition coefficient (Wildman–Crippen LogP) is 0.224. The molecule has 0 bridgehead atoms. The second kappa shape index (κ2) is 4.90. The van der Waals surface area contributed by atoms with Gasteiger partial charge in [-0.1, -0.05) is 6.92 Å². The smallest absolute Gasteiger partial charge is 0.0558 e. The van der Waals surface area contributed by atoms with Gasteiger partial charge >= 0.3 is 0 Å². The molecule has 0 amide bonds. The quantitative estimate of drug-likeness (QED) is 0.663. The van der Waals surface area contributed by atoms with Crippen molar-refractivity contribution in [2.75, 3.05) is 19.7 Å². The third-order valence-electron chi connectivity index (χ3n) is 1.82. The van der Waals surface area contributed by atoms with Crippen LogP contribution in [0.4, 0.5) is 0 Å². The van der Waals surface area contributed by atoms with E-state index >= 15 is 0 Å². The Kier molecular flexibility index (Phi) is 3.76. The molecule has 1 aromatic rings. The van der Waals surface area contributed by atoms with Crippen molar-refractivity contribution in [3.8, 4) is 0 Å². The summed E-state index contributed by atoms with van der Waals surface area (Å²) in [6, 6.07) is 1.94. The van der Waals surface area contributed by atoms with Crippen LogP contribution in [0.2, 0.25) is 0 Å². The topological polar surface area (TPSA) is 52.1 Å². The van der Waals surface area contributed by atoms with Crippen LogP contribution in [0.5, 0.6) is 0 Å². The fourth-order valence-electron chi connectivity index (χ4n) is 1.10. The summed E-state index contributed by atoms with van der Waals surface area (Å²) in [6.45, 7) is 4.78. The Labute approximate surface area is 72.2 Å². The van der Waals surface area contributed by atoms with Crippen LogP contribution in [0.3, 0.4) is 0 Å². The molecule has 0 radical (unpaired) electrons. The summed E-state index contributed by atoms with van der Waals surface area (Å²) < 4.78 is 0. The molecule has 1 aromatic heterocycles. The van der Waals surface area contributed by atoms with E-state index in [1.54, 1.807) is 6.20 Å². The average Bonchev–Trinajstić information content (AvgIpc) is 2.56. The van der Waals surface area contributed by atoms with E-state index in [0.29, 0.717) is 0 Å². The molecular formula is C8H15N3O. The van der Waals surface area contributed by atoms with Crippen molar-refractivity contribution in [2.24, 2.45) is 0 Å². The Morgan fingerprint density at radius 2 is 2.50 bits per heavy atom. The molecule has 68 valence electrons. The summed E-state index contributed by atoms with van der Waals surface area (Å²) >= 11 is 0. The van der Waals surface area contributed by atoms with Crippen LogP contribution in [-0.4, -0.2) is 39.9 Å². The van der Waals surface area contributed by atoms with E-state index in [9.17, 15) is 0 Å². The molecule has 1 heterocycles. The van der Waals surface area contributed by atoms with Gasteiger partial charge in [0.1, 0.15) is 0 Å². The highest BCUT2D eigenvalue weighted by Gasteiger charge is 2.02. The number of aromatic nitrogens is 2. The molecule has 4 heteroatoms. The minimum atomic E-state index is 0.210. The fourth-order valence-corrected chi connectivity index (χ4v) is 1.10. The third kappa shape index (κ3) is 2.64. The minimum Gasteiger partial charge on any atom is -0.395 e. The van der Waals surface area contributed by atoms with E-state index in [1.165, 1.54) is 0 Å². The number of rotatable bonds is 5. The number of aliphatic hydroxyl groups excluding tert-OH is 1. The number of likely N-dealkylation sites (N-methyl/N-ethyl adjacent to an activating group) is 1. The van der Waals surface area contributed by atoms with Gasteiger partial charge in [0.15, 0.2) is 0 Å². The fraction of sp³-hybridized carbons (Fsp3) is 0.625. The van der Waals surface area contributed by atoms with Crippen molar-refractivity contribution in [2.45, 2.75) is 13.5 Å². The van der Waals surface area contributed by atoms with Gasteiger partial charge in [0, 0.05) is 25.0 Å². The molecule has 1 rings (SSSR count). The zero-order chi connectivity index (χ0) is 8.81. The van der Waals surface area contributed by atoms with Crippen LogP contribution in [0, 0.1) is 0 Å². The van der Waals surface area contributed by atoms with E-state index in [-0.39, 0.29) is 6.61 Å². The molecule has 0 unspecified atom stereocenters. The maximum atomic E-state index is 8.73. The van der Waals surface area contributed by atoms with E-state index in [0.717, 1.165) is 25.3 Å². The first kappa shape index (κ1) is 9.22. The van der Waals surface area contributed by atoms with E-state index in [4.69, 9.17) is 5.11 Å². The largest absolute Gasteiger partial charge is 0.395 e. The number of hydrogen-bond acceptors (Lipinski definition) is 3. The lowest BCUT2D eigenvalue weighted by molar-refractivity contribution is 0.195. The third-order valence-corrected chi connectivity index (χ3v) is 1.82. The van der Waals surface area contributed by atoms with Gasteiger partial charge in [0.05, 0.1) is 6.61 Å². The van der Waals surface area contributed by atoms with Crippen LogP contribution in [0.1, 0.15) is 12.6 Å². The highest BCUT2D eigenvalue weighted by atomic mass is 16.3. The van der Waals surface area contributed by atoms with Gasteiger partial charge < -0.3 is 5.11 Å². The van der Waals surface area contributed by atoms with Gasteiger partial charge in [0.25, 0.3) is 0 Å². The standard InChI is InChI=1S/C8H15N3O/c1-2-11(5-6-12)7-8-3-4-9-10-8/h3-4,12H,2,5-7H2,1H3,(H,9,10). The molecule has 0 saturated carbocycles. The summed E-state index contributed by atoms with van der Waals surface area (Å²) in [7, 11) is 0. The lowest BCUT2D eigenvalue weighted by Gasteiger charge is -2.17. The number of aliphatic hydroxyl groups is 1. The van der Waals surface area contributed by atoms with Crippen molar-refractivity contribution < 1.29 is 5.11 Å². The number of nitrogens with zero attached hydrogens (tertiary/aromatic N) is 2. The molecule has 0 aromatic carbocycles. The van der Waals surface area contributed by atoms with Gasteiger partial charge in [-0.25, -0.2) is 0 Å². The van der Waals surface area contributed by atoms with E-state index in [1.807, 2.05) is 6.07 Å². The molecule has 0 spiro atoms. The number of hydrogen-bond donors (Lipinski definition) is 2. The molecule has 0 aliphatic heterocycles. The van der Waals surface area contributed by atoms with Gasteiger partial charge in [0.2, 0.25) is 0 Å². The van der Waals surface area contributed by atoms with Crippen molar-refractivity contribution in [1.82, 2.24) is 15.1 Å². The zero-order valence-corrected chi connectivity index (χ0v) is 7.32. The molecule has 2 N–H and O–H groups in total. The van der Waals surface area contributed by atoms with Crippen LogP contribution in [0.25, 0.3) is 0 Å². The van der Waals surface area contributed by atoms with Gasteiger partial charge in [-0.15, -0.1) is 0 Å². The van der Waals surface area contributed by atoms with E-state index in [2.05, 4.69) is 22.0 Å². The first-order valence-electron chi connectivity index (χ1n) is 4.18. The number of H-pyrrole nitrogens is 1. The average molecular weight is 169 g/mol. The lowest BCUT2D eigenvalue weighted by atomic mass is 10.4. The highest BCUT2D eigenvalue weighted by Crippen LogP contribution is 1.98. The van der Waals surface area contributed by atoms with Gasteiger partial charge in [-0.3, -0.25) is 10.00 Å². The molecule has 4 nitrogen and oxygen atoms in total. The van der Waals surface area contributed by atoms with E-state index < -0.39 is 0 Å². The Morgan fingerprint density at radius 1 is 1.67 bits per heavy atom. The molecular weight excluding hydrogens is 154 g/mol.